The van der Waals surface area contributed by atoms with Gasteiger partial charge in [-0.25, -0.2) is 4.98 Å². The maximum atomic E-state index is 5.56. The van der Waals surface area contributed by atoms with Crippen LogP contribution in [-0.2, 0) is 0 Å². The molecule has 0 saturated heterocycles. The van der Waals surface area contributed by atoms with Gasteiger partial charge in [0.25, 0.3) is 0 Å². The molecule has 0 aliphatic rings. The minimum absolute atomic E-state index is 0.384. The van der Waals surface area contributed by atoms with Crippen molar-refractivity contribution in [3.63, 3.8) is 0 Å². The van der Waals surface area contributed by atoms with Gasteiger partial charge < -0.3 is 10.5 Å². The van der Waals surface area contributed by atoms with Crippen molar-refractivity contribution in [3.8, 4) is 16.3 Å². The Morgan fingerprint density at radius 1 is 1.53 bits per heavy atom. The van der Waals surface area contributed by atoms with Crippen LogP contribution in [0.3, 0.4) is 0 Å². The van der Waals surface area contributed by atoms with Crippen LogP contribution in [0.1, 0.15) is 11.8 Å². The predicted octanol–water partition coefficient (Wildman–Crippen LogP) is 2.84. The summed E-state index contributed by atoms with van der Waals surface area (Å²) < 4.78 is 5.45. The Labute approximate surface area is 109 Å². The molecule has 5 heteroatoms. The number of ether oxygens (including phenoxy) is 1. The van der Waals surface area contributed by atoms with Gasteiger partial charge in [-0.2, -0.15) is 0 Å². The zero-order valence-electron chi connectivity index (χ0n) is 9.34. The first-order valence-corrected chi connectivity index (χ1v) is 6.42. The van der Waals surface area contributed by atoms with E-state index in [1.807, 2.05) is 31.2 Å². The van der Waals surface area contributed by atoms with Gasteiger partial charge in [0, 0.05) is 11.8 Å². The lowest BCUT2D eigenvalue weighted by Crippen LogP contribution is -2.06. The first-order chi connectivity index (χ1) is 8.20. The summed E-state index contributed by atoms with van der Waals surface area (Å²) in [5, 5.41) is 0.898. The van der Waals surface area contributed by atoms with E-state index in [1.54, 1.807) is 6.20 Å². The third-order valence-electron chi connectivity index (χ3n) is 2.14. The lowest BCUT2D eigenvalue weighted by atomic mass is 10.2. The number of nitrogens with two attached hydrogens (primary N) is 1. The predicted molar refractivity (Wildman–Crippen MR) is 74.6 cm³/mol. The third kappa shape index (κ3) is 2.81. The van der Waals surface area contributed by atoms with Gasteiger partial charge in [0.1, 0.15) is 15.7 Å². The Balaban J connectivity index is 2.31. The number of hydrogen-bond donors (Lipinski definition) is 1. The van der Waals surface area contributed by atoms with Crippen molar-refractivity contribution in [2.24, 2.45) is 5.73 Å². The van der Waals surface area contributed by atoms with Crippen molar-refractivity contribution in [1.82, 2.24) is 4.98 Å². The highest BCUT2D eigenvalue weighted by molar-refractivity contribution is 7.81. The van der Waals surface area contributed by atoms with E-state index in [0.717, 1.165) is 21.2 Å². The molecule has 0 spiro atoms. The molecule has 1 heterocycles. The first kappa shape index (κ1) is 12.0. The molecule has 2 rings (SSSR count). The fourth-order valence-electron chi connectivity index (χ4n) is 1.41. The topological polar surface area (TPSA) is 48.1 Å². The number of nitrogens with zero attached hydrogens (tertiary/aromatic N) is 1. The van der Waals surface area contributed by atoms with Crippen LogP contribution >= 0.6 is 23.6 Å². The summed E-state index contributed by atoms with van der Waals surface area (Å²) >= 11 is 6.40. The Morgan fingerprint density at radius 2 is 2.35 bits per heavy atom. The standard InChI is InChI=1S/C12H12N2OS2/c1-2-15-9-5-3-4-8(6-9)12-14-7-10(17-12)11(13)16/h3-7H,2H2,1H3,(H2,13,16). The van der Waals surface area contributed by atoms with E-state index in [4.69, 9.17) is 22.7 Å². The summed E-state index contributed by atoms with van der Waals surface area (Å²) in [6.07, 6.45) is 1.70. The average Bonchev–Trinajstić information content (AvgIpc) is 2.79. The molecule has 88 valence electrons. The minimum atomic E-state index is 0.384. The number of aromatic nitrogens is 1. The molecule has 0 fully saturated rings. The van der Waals surface area contributed by atoms with Crippen molar-refractivity contribution >= 4 is 28.5 Å². The molecule has 3 nitrogen and oxygen atoms in total. The number of thiazole rings is 1. The second kappa shape index (κ2) is 5.25. The minimum Gasteiger partial charge on any atom is -0.494 e. The normalized spacial score (nSPS) is 10.2. The van der Waals surface area contributed by atoms with E-state index in [0.29, 0.717) is 11.6 Å². The summed E-state index contributed by atoms with van der Waals surface area (Å²) in [5.74, 6) is 0.845. The maximum Gasteiger partial charge on any atom is 0.124 e. The van der Waals surface area contributed by atoms with E-state index in [2.05, 4.69) is 4.98 Å². The number of benzene rings is 1. The molecule has 2 N–H and O–H groups in total. The number of hydrogen-bond acceptors (Lipinski definition) is 4. The van der Waals surface area contributed by atoms with Crippen LogP contribution in [-0.4, -0.2) is 16.6 Å². The van der Waals surface area contributed by atoms with E-state index < -0.39 is 0 Å². The van der Waals surface area contributed by atoms with Gasteiger partial charge in [-0.1, -0.05) is 24.4 Å². The summed E-state index contributed by atoms with van der Waals surface area (Å²) in [7, 11) is 0. The molecule has 1 aromatic heterocycles. The van der Waals surface area contributed by atoms with Gasteiger partial charge in [0.05, 0.1) is 11.5 Å². The zero-order chi connectivity index (χ0) is 12.3. The van der Waals surface area contributed by atoms with Crippen LogP contribution < -0.4 is 10.5 Å². The monoisotopic (exact) mass is 264 g/mol. The SMILES string of the molecule is CCOc1cccc(-c2ncc(C(N)=S)s2)c1. The van der Waals surface area contributed by atoms with Crippen LogP contribution in [0.25, 0.3) is 10.6 Å². The van der Waals surface area contributed by atoms with Gasteiger partial charge in [0.2, 0.25) is 0 Å². The third-order valence-corrected chi connectivity index (χ3v) is 3.57. The van der Waals surface area contributed by atoms with Gasteiger partial charge in [-0.15, -0.1) is 11.3 Å². The van der Waals surface area contributed by atoms with Crippen molar-refractivity contribution in [2.75, 3.05) is 6.61 Å². The molecule has 0 saturated carbocycles. The summed E-state index contributed by atoms with van der Waals surface area (Å²) in [4.78, 5) is 5.52. The molecule has 1 aromatic carbocycles. The fraction of sp³-hybridized carbons (Fsp3) is 0.167. The fourth-order valence-corrected chi connectivity index (χ4v) is 2.35. The summed E-state index contributed by atoms with van der Waals surface area (Å²) in [6, 6.07) is 7.83. The average molecular weight is 264 g/mol. The van der Waals surface area contributed by atoms with Crippen LogP contribution in [0.4, 0.5) is 0 Å². The van der Waals surface area contributed by atoms with Gasteiger partial charge >= 0.3 is 0 Å². The zero-order valence-corrected chi connectivity index (χ0v) is 11.0. The molecule has 0 radical (unpaired) electrons. The van der Waals surface area contributed by atoms with Crippen LogP contribution in [0.2, 0.25) is 0 Å². The molecule has 0 atom stereocenters. The van der Waals surface area contributed by atoms with Crippen molar-refractivity contribution in [1.29, 1.82) is 0 Å². The molecule has 0 amide bonds. The molecule has 0 bridgehead atoms. The Bertz CT molecular complexity index is 537. The van der Waals surface area contributed by atoms with E-state index >= 15 is 0 Å². The molecule has 0 aliphatic heterocycles. The summed E-state index contributed by atoms with van der Waals surface area (Å²) in [5.41, 5.74) is 6.58. The van der Waals surface area contributed by atoms with Crippen LogP contribution in [0.15, 0.2) is 30.5 Å². The second-order valence-corrected chi connectivity index (χ2v) is 4.83. The van der Waals surface area contributed by atoms with Crippen molar-refractivity contribution < 1.29 is 4.74 Å². The maximum absolute atomic E-state index is 5.56. The molecular weight excluding hydrogens is 252 g/mol. The van der Waals surface area contributed by atoms with Gasteiger partial charge in [-0.3, -0.25) is 0 Å². The quantitative estimate of drug-likeness (QED) is 0.863. The van der Waals surface area contributed by atoms with Gasteiger partial charge in [-0.05, 0) is 19.1 Å². The summed E-state index contributed by atoms with van der Waals surface area (Å²) in [6.45, 7) is 2.61. The van der Waals surface area contributed by atoms with E-state index in [-0.39, 0.29) is 0 Å². The van der Waals surface area contributed by atoms with E-state index in [9.17, 15) is 0 Å². The second-order valence-electron chi connectivity index (χ2n) is 3.35. The van der Waals surface area contributed by atoms with Crippen molar-refractivity contribution in [3.05, 3.63) is 35.3 Å². The van der Waals surface area contributed by atoms with Crippen molar-refractivity contribution in [2.45, 2.75) is 6.92 Å². The molecular formula is C12H12N2OS2. The molecule has 17 heavy (non-hydrogen) atoms. The Kier molecular flexibility index (Phi) is 3.71. The highest BCUT2D eigenvalue weighted by atomic mass is 32.1. The van der Waals surface area contributed by atoms with Crippen LogP contribution in [0.5, 0.6) is 5.75 Å². The Morgan fingerprint density at radius 3 is 3.00 bits per heavy atom. The number of rotatable bonds is 4. The molecule has 2 aromatic rings. The number of thiocarbonyl (C=S) groups is 1. The Hall–Kier alpha value is -1.46. The van der Waals surface area contributed by atoms with E-state index in [1.165, 1.54) is 11.3 Å². The largest absolute Gasteiger partial charge is 0.494 e. The molecule has 0 unspecified atom stereocenters. The van der Waals surface area contributed by atoms with Gasteiger partial charge in [0.15, 0.2) is 0 Å². The first-order valence-electron chi connectivity index (χ1n) is 5.19. The molecule has 0 aliphatic carbocycles. The highest BCUT2D eigenvalue weighted by Crippen LogP contribution is 2.27. The lowest BCUT2D eigenvalue weighted by Gasteiger charge is -2.03. The smallest absolute Gasteiger partial charge is 0.124 e. The lowest BCUT2D eigenvalue weighted by molar-refractivity contribution is 0.340. The highest BCUT2D eigenvalue weighted by Gasteiger charge is 2.07. The van der Waals surface area contributed by atoms with Crippen LogP contribution in [0, 0.1) is 0 Å².